The Hall–Kier alpha value is -0.305. The van der Waals surface area contributed by atoms with Gasteiger partial charge in [0, 0.05) is 15.5 Å². The third kappa shape index (κ3) is 1.52. The van der Waals surface area contributed by atoms with Crippen LogP contribution in [0.1, 0.15) is 0 Å². The summed E-state index contributed by atoms with van der Waals surface area (Å²) in [6.45, 7) is 0. The Morgan fingerprint density at radius 3 is 2.64 bits per heavy atom. The number of hydrogen-bond donors (Lipinski definition) is 3. The van der Waals surface area contributed by atoms with Gasteiger partial charge in [0.2, 0.25) is 0 Å². The lowest BCUT2D eigenvalue weighted by molar-refractivity contribution is 0.426. The van der Waals surface area contributed by atoms with Gasteiger partial charge in [0.25, 0.3) is 0 Å². The first-order valence-corrected chi connectivity index (χ1v) is 5.77. The molecule has 0 fully saturated rings. The summed E-state index contributed by atoms with van der Waals surface area (Å²) in [7, 11) is -1.49. The first-order valence-electron chi connectivity index (χ1n) is 3.87. The van der Waals surface area contributed by atoms with Crippen molar-refractivity contribution in [1.82, 2.24) is 0 Å². The average Bonchev–Trinajstić information content (AvgIpc) is 2.43. The van der Waals surface area contributed by atoms with Gasteiger partial charge >= 0.3 is 7.12 Å². The summed E-state index contributed by atoms with van der Waals surface area (Å²) >= 11 is 3.37. The van der Waals surface area contributed by atoms with Crippen molar-refractivity contribution >= 4 is 56.6 Å². The fraction of sp³-hybridized carbons (Fsp3) is 0. The summed E-state index contributed by atoms with van der Waals surface area (Å²) in [4.78, 5) is 0. The second-order valence-corrected chi connectivity index (χ2v) is 5.65. The van der Waals surface area contributed by atoms with Crippen molar-refractivity contribution in [3.8, 4) is 5.75 Å². The molecular formula is C8H6BIO3S. The fourth-order valence-corrected chi connectivity index (χ4v) is 3.21. The standard InChI is InChI=1S/C8H6BIO3S/c10-8-6(11)4-2-1-3-5(9(12)13)7(4)14-8/h1-3,11-13H. The van der Waals surface area contributed by atoms with Crippen LogP contribution in [0.25, 0.3) is 10.1 Å². The van der Waals surface area contributed by atoms with Crippen molar-refractivity contribution in [1.29, 1.82) is 0 Å². The van der Waals surface area contributed by atoms with Crippen LogP contribution in [0.5, 0.6) is 5.75 Å². The van der Waals surface area contributed by atoms with Gasteiger partial charge < -0.3 is 15.2 Å². The van der Waals surface area contributed by atoms with Crippen LogP contribution < -0.4 is 5.46 Å². The molecule has 0 amide bonds. The van der Waals surface area contributed by atoms with E-state index in [1.165, 1.54) is 11.3 Å². The second-order valence-electron chi connectivity index (χ2n) is 2.82. The molecule has 0 radical (unpaired) electrons. The summed E-state index contributed by atoms with van der Waals surface area (Å²) in [6.07, 6.45) is 0. The van der Waals surface area contributed by atoms with E-state index in [0.29, 0.717) is 10.8 Å². The normalized spacial score (nSPS) is 10.8. The molecule has 1 aromatic carbocycles. The zero-order valence-electron chi connectivity index (χ0n) is 6.94. The molecule has 3 nitrogen and oxygen atoms in total. The van der Waals surface area contributed by atoms with Crippen molar-refractivity contribution in [2.75, 3.05) is 0 Å². The van der Waals surface area contributed by atoms with E-state index in [1.807, 2.05) is 22.6 Å². The predicted octanol–water partition coefficient (Wildman–Crippen LogP) is 0.891. The van der Waals surface area contributed by atoms with Gasteiger partial charge in [0.1, 0.15) is 8.63 Å². The van der Waals surface area contributed by atoms with Crippen LogP contribution in [0.2, 0.25) is 0 Å². The molecule has 0 saturated carbocycles. The maximum absolute atomic E-state index is 9.64. The van der Waals surface area contributed by atoms with E-state index in [-0.39, 0.29) is 5.75 Å². The highest BCUT2D eigenvalue weighted by molar-refractivity contribution is 14.1. The molecule has 0 aliphatic carbocycles. The first kappa shape index (κ1) is 10.2. The lowest BCUT2D eigenvalue weighted by atomic mass is 9.80. The minimum Gasteiger partial charge on any atom is -0.505 e. The van der Waals surface area contributed by atoms with Gasteiger partial charge in [-0.2, -0.15) is 0 Å². The molecule has 0 saturated heterocycles. The van der Waals surface area contributed by atoms with E-state index >= 15 is 0 Å². The fourth-order valence-electron chi connectivity index (χ4n) is 1.30. The van der Waals surface area contributed by atoms with Gasteiger partial charge in [-0.15, -0.1) is 11.3 Å². The number of rotatable bonds is 1. The molecule has 0 bridgehead atoms. The minimum absolute atomic E-state index is 0.216. The van der Waals surface area contributed by atoms with Crippen molar-refractivity contribution in [2.45, 2.75) is 0 Å². The number of benzene rings is 1. The minimum atomic E-state index is -1.49. The zero-order valence-corrected chi connectivity index (χ0v) is 9.91. The highest BCUT2D eigenvalue weighted by Crippen LogP contribution is 2.36. The topological polar surface area (TPSA) is 60.7 Å². The van der Waals surface area contributed by atoms with E-state index in [1.54, 1.807) is 18.2 Å². The number of halogens is 1. The molecular weight excluding hydrogens is 314 g/mol. The van der Waals surface area contributed by atoms with Gasteiger partial charge in [-0.05, 0) is 28.7 Å². The Kier molecular flexibility index (Phi) is 2.69. The van der Waals surface area contributed by atoms with E-state index in [0.717, 1.165) is 7.58 Å². The lowest BCUT2D eigenvalue weighted by Crippen LogP contribution is -2.29. The predicted molar refractivity (Wildman–Crippen MR) is 66.0 cm³/mol. The third-order valence-electron chi connectivity index (χ3n) is 1.96. The molecule has 0 aliphatic heterocycles. The number of thiophene rings is 1. The molecule has 0 atom stereocenters. The van der Waals surface area contributed by atoms with Crippen molar-refractivity contribution in [2.24, 2.45) is 0 Å². The molecule has 3 N–H and O–H groups in total. The maximum Gasteiger partial charge on any atom is 0.489 e. The molecule has 1 heterocycles. The van der Waals surface area contributed by atoms with Gasteiger partial charge in [-0.3, -0.25) is 0 Å². The van der Waals surface area contributed by atoms with Crippen molar-refractivity contribution in [3.05, 3.63) is 21.1 Å². The number of aromatic hydroxyl groups is 1. The number of hydrogen-bond acceptors (Lipinski definition) is 4. The van der Waals surface area contributed by atoms with Crippen molar-refractivity contribution < 1.29 is 15.2 Å². The monoisotopic (exact) mass is 320 g/mol. The molecule has 14 heavy (non-hydrogen) atoms. The quantitative estimate of drug-likeness (QED) is 0.540. The summed E-state index contributed by atoms with van der Waals surface area (Å²) in [5, 5.41) is 28.5. The first-order chi connectivity index (χ1) is 6.61. The zero-order chi connectivity index (χ0) is 10.3. The molecule has 2 aromatic rings. The molecule has 0 spiro atoms. The van der Waals surface area contributed by atoms with Crippen LogP contribution in [-0.2, 0) is 0 Å². The van der Waals surface area contributed by atoms with E-state index in [9.17, 15) is 5.11 Å². The highest BCUT2D eigenvalue weighted by Gasteiger charge is 2.18. The summed E-state index contributed by atoms with van der Waals surface area (Å²) in [5.74, 6) is 0.216. The summed E-state index contributed by atoms with van der Waals surface area (Å²) in [6, 6.07) is 5.09. The average molecular weight is 320 g/mol. The van der Waals surface area contributed by atoms with Gasteiger partial charge in [0.15, 0.2) is 0 Å². The smallest absolute Gasteiger partial charge is 0.489 e. The Balaban J connectivity index is 2.81. The van der Waals surface area contributed by atoms with E-state index in [4.69, 9.17) is 10.0 Å². The van der Waals surface area contributed by atoms with Gasteiger partial charge in [-0.1, -0.05) is 12.1 Å². The second kappa shape index (κ2) is 3.69. The molecule has 6 heteroatoms. The van der Waals surface area contributed by atoms with Crippen LogP contribution in [0.3, 0.4) is 0 Å². The summed E-state index contributed by atoms with van der Waals surface area (Å²) in [5.41, 5.74) is 0.436. The molecule has 72 valence electrons. The van der Waals surface area contributed by atoms with Crippen LogP contribution in [-0.4, -0.2) is 22.3 Å². The maximum atomic E-state index is 9.64. The lowest BCUT2D eigenvalue weighted by Gasteiger charge is -1.99. The van der Waals surface area contributed by atoms with Crippen LogP contribution in [0.15, 0.2) is 18.2 Å². The van der Waals surface area contributed by atoms with E-state index in [2.05, 4.69) is 0 Å². The Bertz CT molecular complexity index is 483. The molecule has 2 rings (SSSR count). The highest BCUT2D eigenvalue weighted by atomic mass is 127. The SMILES string of the molecule is OB(O)c1cccc2c(O)c(I)sc12. The Labute approximate surface area is 98.3 Å². The van der Waals surface area contributed by atoms with E-state index < -0.39 is 7.12 Å². The summed E-state index contributed by atoms with van der Waals surface area (Å²) < 4.78 is 1.48. The van der Waals surface area contributed by atoms with Crippen LogP contribution in [0.4, 0.5) is 0 Å². The Morgan fingerprint density at radius 2 is 2.00 bits per heavy atom. The van der Waals surface area contributed by atoms with Gasteiger partial charge in [-0.25, -0.2) is 0 Å². The molecule has 1 aromatic heterocycles. The largest absolute Gasteiger partial charge is 0.505 e. The van der Waals surface area contributed by atoms with Crippen LogP contribution >= 0.6 is 33.9 Å². The van der Waals surface area contributed by atoms with Crippen molar-refractivity contribution in [3.63, 3.8) is 0 Å². The third-order valence-corrected chi connectivity index (χ3v) is 4.16. The van der Waals surface area contributed by atoms with Crippen LogP contribution in [0, 0.1) is 2.88 Å². The Morgan fingerprint density at radius 1 is 1.29 bits per heavy atom. The molecule has 0 aliphatic rings. The number of fused-ring (bicyclic) bond motifs is 1. The molecule has 0 unspecified atom stereocenters. The van der Waals surface area contributed by atoms with Gasteiger partial charge in [0.05, 0.1) is 0 Å².